The number of fused-ring (bicyclic) bond motifs is 1. The van der Waals surface area contributed by atoms with E-state index in [1.165, 1.54) is 33.1 Å². The Hall–Kier alpha value is -3.34. The van der Waals surface area contributed by atoms with E-state index < -0.39 is 0 Å². The van der Waals surface area contributed by atoms with E-state index in [1.807, 2.05) is 6.07 Å². The van der Waals surface area contributed by atoms with Crippen LogP contribution in [0.25, 0.3) is 22.3 Å². The Labute approximate surface area is 236 Å². The number of amides is 1. The van der Waals surface area contributed by atoms with E-state index in [9.17, 15) is 4.79 Å². The van der Waals surface area contributed by atoms with Crippen molar-refractivity contribution in [2.75, 3.05) is 38.1 Å². The number of hydrogen-bond donors (Lipinski definition) is 3. The lowest BCUT2D eigenvalue weighted by atomic mass is 10.1. The number of carbonyl (C=O) groups excluding carboxylic acids is 1. The number of carbonyl (C=O) groups is 1. The molecule has 3 heterocycles. The van der Waals surface area contributed by atoms with Gasteiger partial charge in [-0.05, 0) is 37.8 Å². The van der Waals surface area contributed by atoms with Crippen molar-refractivity contribution in [2.24, 2.45) is 5.92 Å². The molecule has 0 radical (unpaired) electrons. The molecule has 3 aromatic rings. The van der Waals surface area contributed by atoms with Gasteiger partial charge in [-0.25, -0.2) is 15.0 Å². The average Bonchev–Trinajstić information content (AvgIpc) is 3.70. The van der Waals surface area contributed by atoms with Gasteiger partial charge >= 0.3 is 0 Å². The van der Waals surface area contributed by atoms with Gasteiger partial charge in [0.1, 0.15) is 23.1 Å². The fourth-order valence-electron chi connectivity index (χ4n) is 4.61. The van der Waals surface area contributed by atoms with Crippen LogP contribution in [0.3, 0.4) is 0 Å². The molecule has 1 aliphatic carbocycles. The van der Waals surface area contributed by atoms with Crippen molar-refractivity contribution in [1.82, 2.24) is 20.3 Å². The van der Waals surface area contributed by atoms with Crippen LogP contribution in [0.4, 0.5) is 11.6 Å². The maximum atomic E-state index is 11.8. The first-order valence-corrected chi connectivity index (χ1v) is 13.4. The molecule has 1 saturated heterocycles. The standard InChI is InChI=1S/C27H30Cl2N6O4/c1-5-22(36)33-18-12-39-11-17(18)32-21-8-15-16(10-30-21)34-27(35-26(15)31-13(2)14-6-7-14)23-24(28)19(37-3)9-20(38-4)25(23)29/h5,8-10,13-14,17-18H,1,6-7,11-12H2,2-4H3,(H,30,32)(H,33,36)(H,31,34,35)/t13-,17+,18-/m0/s1. The fourth-order valence-corrected chi connectivity index (χ4v) is 5.28. The Kier molecular flexibility index (Phi) is 7.97. The van der Waals surface area contributed by atoms with E-state index in [1.54, 1.807) is 12.3 Å². The van der Waals surface area contributed by atoms with Gasteiger partial charge in [0.25, 0.3) is 0 Å². The number of ether oxygens (including phenoxy) is 3. The summed E-state index contributed by atoms with van der Waals surface area (Å²) in [5.41, 5.74) is 1.01. The largest absolute Gasteiger partial charge is 0.495 e. The van der Waals surface area contributed by atoms with Crippen molar-refractivity contribution in [1.29, 1.82) is 0 Å². The molecule has 0 spiro atoms. The SMILES string of the molecule is C=CC(=O)N[C@H]1COC[C@H]1Nc1cc2c(N[C@@H](C)C3CC3)nc(-c3c(Cl)c(OC)cc(OC)c3Cl)nc2cn1. The number of anilines is 2. The molecule has 3 N–H and O–H groups in total. The molecule has 39 heavy (non-hydrogen) atoms. The maximum absolute atomic E-state index is 11.8. The molecule has 3 atom stereocenters. The predicted octanol–water partition coefficient (Wildman–Crippen LogP) is 4.71. The van der Waals surface area contributed by atoms with Gasteiger partial charge in [0.15, 0.2) is 5.82 Å². The molecule has 1 aromatic carbocycles. The van der Waals surface area contributed by atoms with Crippen LogP contribution in [-0.2, 0) is 9.53 Å². The molecule has 1 amide bonds. The molecule has 2 aromatic heterocycles. The van der Waals surface area contributed by atoms with Crippen molar-refractivity contribution in [3.63, 3.8) is 0 Å². The van der Waals surface area contributed by atoms with Gasteiger partial charge in [-0.3, -0.25) is 4.79 Å². The van der Waals surface area contributed by atoms with Crippen LogP contribution in [0, 0.1) is 5.92 Å². The van der Waals surface area contributed by atoms with Crippen molar-refractivity contribution < 1.29 is 19.0 Å². The van der Waals surface area contributed by atoms with Crippen molar-refractivity contribution in [2.45, 2.75) is 37.9 Å². The highest BCUT2D eigenvalue weighted by Gasteiger charge is 2.31. The quantitative estimate of drug-likeness (QED) is 0.297. The zero-order chi connectivity index (χ0) is 27.7. The van der Waals surface area contributed by atoms with Gasteiger partial charge in [-0.15, -0.1) is 0 Å². The lowest BCUT2D eigenvalue weighted by Gasteiger charge is -2.21. The van der Waals surface area contributed by atoms with E-state index in [-0.39, 0.29) is 34.1 Å². The highest BCUT2D eigenvalue weighted by Crippen LogP contribution is 2.45. The van der Waals surface area contributed by atoms with Crippen LogP contribution in [-0.4, -0.2) is 66.4 Å². The number of halogens is 2. The zero-order valence-corrected chi connectivity index (χ0v) is 23.4. The second kappa shape index (κ2) is 11.4. The molecule has 0 unspecified atom stereocenters. The third-order valence-corrected chi connectivity index (χ3v) is 7.75. The summed E-state index contributed by atoms with van der Waals surface area (Å²) >= 11 is 13.4. The summed E-state index contributed by atoms with van der Waals surface area (Å²) in [6, 6.07) is 3.34. The molecular formula is C27H30Cl2N6O4. The molecule has 1 aliphatic heterocycles. The predicted molar refractivity (Wildman–Crippen MR) is 152 cm³/mol. The first-order valence-electron chi connectivity index (χ1n) is 12.6. The minimum atomic E-state index is -0.253. The van der Waals surface area contributed by atoms with Gasteiger partial charge in [0.05, 0.1) is 66.8 Å². The molecule has 2 fully saturated rings. The number of aromatic nitrogens is 3. The molecule has 12 heteroatoms. The minimum Gasteiger partial charge on any atom is -0.495 e. The second-order valence-corrected chi connectivity index (χ2v) is 10.4. The summed E-state index contributed by atoms with van der Waals surface area (Å²) in [5, 5.41) is 11.2. The Morgan fingerprint density at radius 1 is 1.13 bits per heavy atom. The fraction of sp³-hybridized carbons (Fsp3) is 0.407. The Morgan fingerprint density at radius 2 is 1.82 bits per heavy atom. The molecule has 10 nitrogen and oxygen atoms in total. The van der Waals surface area contributed by atoms with Gasteiger partial charge in [-0.1, -0.05) is 29.8 Å². The molecule has 2 aliphatic rings. The van der Waals surface area contributed by atoms with Crippen LogP contribution >= 0.6 is 23.2 Å². The highest BCUT2D eigenvalue weighted by molar-refractivity contribution is 6.41. The van der Waals surface area contributed by atoms with Crippen LogP contribution < -0.4 is 25.4 Å². The van der Waals surface area contributed by atoms with E-state index in [0.29, 0.717) is 59.2 Å². The lowest BCUT2D eigenvalue weighted by Crippen LogP contribution is -2.45. The van der Waals surface area contributed by atoms with Gasteiger partial charge in [0, 0.05) is 17.5 Å². The van der Waals surface area contributed by atoms with Gasteiger partial charge < -0.3 is 30.2 Å². The Balaban J connectivity index is 1.56. The second-order valence-electron chi connectivity index (χ2n) is 9.64. The number of rotatable bonds is 10. The number of pyridine rings is 1. The summed E-state index contributed by atoms with van der Waals surface area (Å²) in [5.74, 6) is 2.67. The van der Waals surface area contributed by atoms with Gasteiger partial charge in [0.2, 0.25) is 5.91 Å². The van der Waals surface area contributed by atoms with Crippen LogP contribution in [0.1, 0.15) is 19.8 Å². The lowest BCUT2D eigenvalue weighted by molar-refractivity contribution is -0.117. The topological polar surface area (TPSA) is 120 Å². The number of methoxy groups -OCH3 is 2. The van der Waals surface area contributed by atoms with Crippen LogP contribution in [0.5, 0.6) is 11.5 Å². The summed E-state index contributed by atoms with van der Waals surface area (Å²) < 4.78 is 16.5. The number of nitrogens with zero attached hydrogens (tertiary/aromatic N) is 3. The third kappa shape index (κ3) is 5.68. The summed E-state index contributed by atoms with van der Waals surface area (Å²) in [4.78, 5) is 26.1. The molecule has 1 saturated carbocycles. The molecular weight excluding hydrogens is 543 g/mol. The number of nitrogens with one attached hydrogen (secondary N) is 3. The summed E-state index contributed by atoms with van der Waals surface area (Å²) in [6.45, 7) is 6.48. The van der Waals surface area contributed by atoms with Crippen LogP contribution in [0.2, 0.25) is 10.0 Å². The Morgan fingerprint density at radius 3 is 2.46 bits per heavy atom. The third-order valence-electron chi connectivity index (χ3n) is 7.00. The van der Waals surface area contributed by atoms with Crippen molar-refractivity contribution >= 4 is 51.6 Å². The Bertz CT molecular complexity index is 1390. The first-order chi connectivity index (χ1) is 18.8. The first kappa shape index (κ1) is 27.2. The molecule has 5 rings (SSSR count). The summed E-state index contributed by atoms with van der Waals surface area (Å²) in [6.07, 6.45) is 5.25. The minimum absolute atomic E-state index is 0.164. The average molecular weight is 573 g/mol. The number of benzene rings is 1. The number of hydrogen-bond acceptors (Lipinski definition) is 9. The van der Waals surface area contributed by atoms with Gasteiger partial charge in [-0.2, -0.15) is 0 Å². The molecule has 206 valence electrons. The normalized spacial score (nSPS) is 19.4. The van der Waals surface area contributed by atoms with E-state index in [0.717, 1.165) is 5.39 Å². The monoisotopic (exact) mass is 572 g/mol. The summed E-state index contributed by atoms with van der Waals surface area (Å²) in [7, 11) is 3.04. The molecule has 0 bridgehead atoms. The van der Waals surface area contributed by atoms with E-state index in [2.05, 4.69) is 34.4 Å². The van der Waals surface area contributed by atoms with E-state index >= 15 is 0 Å². The van der Waals surface area contributed by atoms with Crippen LogP contribution in [0.15, 0.2) is 31.0 Å². The van der Waals surface area contributed by atoms with E-state index in [4.69, 9.17) is 47.4 Å². The highest BCUT2D eigenvalue weighted by atomic mass is 35.5. The van der Waals surface area contributed by atoms with Crippen molar-refractivity contribution in [3.8, 4) is 22.9 Å². The zero-order valence-electron chi connectivity index (χ0n) is 21.9. The van der Waals surface area contributed by atoms with Crippen molar-refractivity contribution in [3.05, 3.63) is 41.0 Å². The smallest absolute Gasteiger partial charge is 0.243 e. The maximum Gasteiger partial charge on any atom is 0.243 e.